The molecule has 1 aromatic heterocycles. The summed E-state index contributed by atoms with van der Waals surface area (Å²) in [5, 5.41) is 0. The van der Waals surface area contributed by atoms with Gasteiger partial charge >= 0.3 is 0 Å². The van der Waals surface area contributed by atoms with Crippen LogP contribution in [0.5, 0.6) is 0 Å². The number of hydrogen-bond donors (Lipinski definition) is 0. The van der Waals surface area contributed by atoms with E-state index in [0.29, 0.717) is 32.3 Å². The van der Waals surface area contributed by atoms with Crippen LogP contribution in [0.4, 0.5) is 0 Å². The Kier molecular flexibility index (Phi) is 4.81. The quantitative estimate of drug-likeness (QED) is 0.831. The van der Waals surface area contributed by atoms with Gasteiger partial charge in [-0.25, -0.2) is 0 Å². The maximum Gasteiger partial charge on any atom is 0.226 e. The molecule has 0 bridgehead atoms. The molecule has 0 aromatic carbocycles. The van der Waals surface area contributed by atoms with Gasteiger partial charge in [-0.3, -0.25) is 9.78 Å². The van der Waals surface area contributed by atoms with Crippen molar-refractivity contribution < 1.29 is 14.3 Å². The Morgan fingerprint density at radius 2 is 2.08 bits per heavy atom. The third kappa shape index (κ3) is 3.62. The number of pyridine rings is 1. The van der Waals surface area contributed by atoms with Crippen LogP contribution in [0.3, 0.4) is 0 Å². The van der Waals surface area contributed by atoms with Gasteiger partial charge in [-0.2, -0.15) is 0 Å². The standard InChI is InChI=1S/C19H26N2O3/c22-19(15-4-7-23-8-5-15)21-6-3-18-16(11-21)9-20-10-17(18)13-24-12-14-1-2-14/h9-10,14-15H,1-8,11-13H2. The summed E-state index contributed by atoms with van der Waals surface area (Å²) in [7, 11) is 0. The summed E-state index contributed by atoms with van der Waals surface area (Å²) < 4.78 is 11.2. The largest absolute Gasteiger partial charge is 0.381 e. The first-order valence-corrected chi connectivity index (χ1v) is 9.20. The number of fused-ring (bicyclic) bond motifs is 1. The highest BCUT2D eigenvalue weighted by Crippen LogP contribution is 2.30. The van der Waals surface area contributed by atoms with Crippen molar-refractivity contribution >= 4 is 5.91 Å². The minimum Gasteiger partial charge on any atom is -0.381 e. The molecule has 24 heavy (non-hydrogen) atoms. The Bertz CT molecular complexity index is 594. The Morgan fingerprint density at radius 1 is 1.25 bits per heavy atom. The lowest BCUT2D eigenvalue weighted by Crippen LogP contribution is -2.41. The monoisotopic (exact) mass is 330 g/mol. The highest BCUT2D eigenvalue weighted by molar-refractivity contribution is 5.79. The molecular weight excluding hydrogens is 304 g/mol. The third-order valence-corrected chi connectivity index (χ3v) is 5.42. The lowest BCUT2D eigenvalue weighted by Gasteiger charge is -2.33. The molecule has 3 aliphatic rings. The van der Waals surface area contributed by atoms with Crippen molar-refractivity contribution in [2.75, 3.05) is 26.4 Å². The van der Waals surface area contributed by atoms with Crippen LogP contribution >= 0.6 is 0 Å². The van der Waals surface area contributed by atoms with Gasteiger partial charge in [-0.05, 0) is 54.7 Å². The van der Waals surface area contributed by atoms with Crippen molar-refractivity contribution in [1.29, 1.82) is 0 Å². The Morgan fingerprint density at radius 3 is 2.88 bits per heavy atom. The molecule has 4 rings (SSSR count). The number of rotatable bonds is 5. The van der Waals surface area contributed by atoms with Crippen LogP contribution in [0, 0.1) is 11.8 Å². The van der Waals surface area contributed by atoms with E-state index in [1.54, 1.807) is 0 Å². The molecule has 1 saturated heterocycles. The molecule has 1 aromatic rings. The van der Waals surface area contributed by atoms with Gasteiger partial charge in [-0.15, -0.1) is 0 Å². The van der Waals surface area contributed by atoms with E-state index in [-0.39, 0.29) is 5.92 Å². The van der Waals surface area contributed by atoms with Crippen molar-refractivity contribution in [3.63, 3.8) is 0 Å². The number of carbonyl (C=O) groups excluding carboxylic acids is 1. The molecule has 5 heteroatoms. The van der Waals surface area contributed by atoms with Crippen molar-refractivity contribution in [1.82, 2.24) is 9.88 Å². The normalized spacial score (nSPS) is 21.6. The van der Waals surface area contributed by atoms with Crippen molar-refractivity contribution in [3.8, 4) is 0 Å². The smallest absolute Gasteiger partial charge is 0.226 e. The zero-order valence-corrected chi connectivity index (χ0v) is 14.2. The first-order chi connectivity index (χ1) is 11.8. The van der Waals surface area contributed by atoms with Gasteiger partial charge in [0.2, 0.25) is 5.91 Å². The summed E-state index contributed by atoms with van der Waals surface area (Å²) in [6.45, 7) is 4.45. The molecule has 1 aliphatic carbocycles. The van der Waals surface area contributed by atoms with E-state index in [2.05, 4.69) is 4.98 Å². The molecule has 130 valence electrons. The van der Waals surface area contributed by atoms with Crippen LogP contribution in [0.25, 0.3) is 0 Å². The zero-order valence-electron chi connectivity index (χ0n) is 14.2. The van der Waals surface area contributed by atoms with Crippen molar-refractivity contribution in [3.05, 3.63) is 29.1 Å². The molecular formula is C19H26N2O3. The number of hydrogen-bond acceptors (Lipinski definition) is 4. The second-order valence-electron chi connectivity index (χ2n) is 7.29. The fourth-order valence-corrected chi connectivity index (χ4v) is 3.70. The molecule has 0 unspecified atom stereocenters. The summed E-state index contributed by atoms with van der Waals surface area (Å²) in [5.41, 5.74) is 3.73. The number of nitrogens with zero attached hydrogens (tertiary/aromatic N) is 2. The molecule has 0 N–H and O–H groups in total. The van der Waals surface area contributed by atoms with Crippen molar-refractivity contribution in [2.24, 2.45) is 11.8 Å². The molecule has 0 radical (unpaired) electrons. The minimum absolute atomic E-state index is 0.137. The molecule has 1 amide bonds. The van der Waals surface area contributed by atoms with Crippen LogP contribution in [0.2, 0.25) is 0 Å². The van der Waals surface area contributed by atoms with Crippen molar-refractivity contribution in [2.45, 2.75) is 45.3 Å². The number of carbonyl (C=O) groups is 1. The maximum absolute atomic E-state index is 12.7. The van der Waals surface area contributed by atoms with Gasteiger partial charge < -0.3 is 14.4 Å². The summed E-state index contributed by atoms with van der Waals surface area (Å²) in [6.07, 6.45) is 9.10. The topological polar surface area (TPSA) is 51.7 Å². The molecule has 2 aliphatic heterocycles. The molecule has 0 atom stereocenters. The number of ether oxygens (including phenoxy) is 2. The van der Waals surface area contributed by atoms with Gasteiger partial charge in [0.1, 0.15) is 0 Å². The van der Waals surface area contributed by atoms with Gasteiger partial charge in [-0.1, -0.05) is 0 Å². The molecule has 1 saturated carbocycles. The van der Waals surface area contributed by atoms with E-state index in [0.717, 1.165) is 38.3 Å². The average molecular weight is 330 g/mol. The van der Waals surface area contributed by atoms with Crippen LogP contribution in [-0.4, -0.2) is 42.2 Å². The minimum atomic E-state index is 0.137. The predicted molar refractivity (Wildman–Crippen MR) is 89.3 cm³/mol. The van der Waals surface area contributed by atoms with E-state index < -0.39 is 0 Å². The van der Waals surface area contributed by atoms with Gasteiger partial charge in [0.15, 0.2) is 0 Å². The molecule has 3 heterocycles. The van der Waals surface area contributed by atoms with Crippen LogP contribution < -0.4 is 0 Å². The maximum atomic E-state index is 12.7. The van der Waals surface area contributed by atoms with E-state index in [4.69, 9.17) is 9.47 Å². The first-order valence-electron chi connectivity index (χ1n) is 9.20. The predicted octanol–water partition coefficient (Wildman–Crippen LogP) is 2.32. The summed E-state index contributed by atoms with van der Waals surface area (Å²) in [6, 6.07) is 0. The lowest BCUT2D eigenvalue weighted by atomic mass is 9.94. The van der Waals surface area contributed by atoms with E-state index in [1.807, 2.05) is 17.3 Å². The first kappa shape index (κ1) is 16.0. The number of amides is 1. The second-order valence-corrected chi connectivity index (χ2v) is 7.29. The van der Waals surface area contributed by atoms with E-state index in [1.165, 1.54) is 29.5 Å². The fourth-order valence-electron chi connectivity index (χ4n) is 3.70. The Balaban J connectivity index is 1.39. The lowest BCUT2D eigenvalue weighted by molar-refractivity contribution is -0.139. The van der Waals surface area contributed by atoms with Crippen LogP contribution in [0.15, 0.2) is 12.4 Å². The molecule has 2 fully saturated rings. The highest BCUT2D eigenvalue weighted by atomic mass is 16.5. The Labute approximate surface area is 143 Å². The van der Waals surface area contributed by atoms with Gasteiger partial charge in [0.05, 0.1) is 6.61 Å². The zero-order chi connectivity index (χ0) is 16.4. The van der Waals surface area contributed by atoms with E-state index in [9.17, 15) is 4.79 Å². The summed E-state index contributed by atoms with van der Waals surface area (Å²) in [4.78, 5) is 19.1. The summed E-state index contributed by atoms with van der Waals surface area (Å²) in [5.74, 6) is 1.21. The fraction of sp³-hybridized carbons (Fsp3) is 0.684. The molecule has 5 nitrogen and oxygen atoms in total. The van der Waals surface area contributed by atoms with E-state index >= 15 is 0 Å². The Hall–Kier alpha value is -1.46. The third-order valence-electron chi connectivity index (χ3n) is 5.42. The van der Waals surface area contributed by atoms with Gasteiger partial charge in [0, 0.05) is 51.2 Å². The van der Waals surface area contributed by atoms with Gasteiger partial charge in [0.25, 0.3) is 0 Å². The highest BCUT2D eigenvalue weighted by Gasteiger charge is 2.29. The number of aromatic nitrogens is 1. The SMILES string of the molecule is O=C(C1CCOCC1)N1CCc2c(COCC3CC3)cncc2C1. The second kappa shape index (κ2) is 7.19. The van der Waals surface area contributed by atoms with Crippen LogP contribution in [0.1, 0.15) is 42.4 Å². The van der Waals surface area contributed by atoms with Crippen LogP contribution in [-0.2, 0) is 33.8 Å². The average Bonchev–Trinajstić information content (AvgIpc) is 3.46. The summed E-state index contributed by atoms with van der Waals surface area (Å²) >= 11 is 0. The molecule has 0 spiro atoms.